The second-order valence-corrected chi connectivity index (χ2v) is 7.35. The first kappa shape index (κ1) is 16.6. The first-order valence-corrected chi connectivity index (χ1v) is 8.43. The molecule has 0 radical (unpaired) electrons. The lowest BCUT2D eigenvalue weighted by Crippen LogP contribution is -2.41. The Hall–Kier alpha value is -0.730. The fourth-order valence-corrected chi connectivity index (χ4v) is 4.21. The predicted octanol–water partition coefficient (Wildman–Crippen LogP) is 1.74. The molecule has 8 heteroatoms. The van der Waals surface area contributed by atoms with Crippen LogP contribution >= 0.6 is 11.6 Å². The Balaban J connectivity index is 2.41. The summed E-state index contributed by atoms with van der Waals surface area (Å²) >= 11 is 5.87. The third kappa shape index (κ3) is 3.37. The van der Waals surface area contributed by atoms with Crippen LogP contribution in [-0.4, -0.2) is 39.0 Å². The van der Waals surface area contributed by atoms with Crippen molar-refractivity contribution in [2.24, 2.45) is 5.73 Å². The number of benzene rings is 1. The molecule has 0 aliphatic carbocycles. The predicted molar refractivity (Wildman–Crippen MR) is 78.1 cm³/mol. The summed E-state index contributed by atoms with van der Waals surface area (Å²) in [7, 11) is -2.51. The van der Waals surface area contributed by atoms with Crippen LogP contribution in [0.1, 0.15) is 18.4 Å². The molecule has 0 amide bonds. The lowest BCUT2D eigenvalue weighted by molar-refractivity contribution is 0.0631. The number of hydrogen-bond acceptors (Lipinski definition) is 4. The van der Waals surface area contributed by atoms with Crippen LogP contribution < -0.4 is 5.73 Å². The Bertz CT molecular complexity index is 618. The van der Waals surface area contributed by atoms with Crippen molar-refractivity contribution in [1.29, 1.82) is 0 Å². The second kappa shape index (κ2) is 6.58. The number of rotatable bonds is 4. The molecule has 1 aliphatic heterocycles. The fraction of sp³-hybridized carbons (Fsp3) is 0.538. The highest BCUT2D eigenvalue weighted by atomic mass is 35.5. The molecule has 21 heavy (non-hydrogen) atoms. The zero-order valence-corrected chi connectivity index (χ0v) is 13.3. The number of ether oxygens (including phenoxy) is 1. The summed E-state index contributed by atoms with van der Waals surface area (Å²) in [6.45, 7) is 0.878. The molecule has 1 aliphatic rings. The van der Waals surface area contributed by atoms with Gasteiger partial charge in [0.15, 0.2) is 0 Å². The van der Waals surface area contributed by atoms with Gasteiger partial charge in [0.1, 0.15) is 10.7 Å². The Morgan fingerprint density at radius 2 is 2.05 bits per heavy atom. The monoisotopic (exact) mass is 336 g/mol. The summed E-state index contributed by atoms with van der Waals surface area (Å²) in [5, 5.41) is 0.149. The summed E-state index contributed by atoms with van der Waals surface area (Å²) in [5.41, 5.74) is 5.51. The van der Waals surface area contributed by atoms with Gasteiger partial charge in [-0.3, -0.25) is 0 Å². The van der Waals surface area contributed by atoms with Gasteiger partial charge >= 0.3 is 0 Å². The number of nitrogens with zero attached hydrogens (tertiary/aromatic N) is 1. The molecule has 5 nitrogen and oxygen atoms in total. The first-order valence-electron chi connectivity index (χ1n) is 6.61. The van der Waals surface area contributed by atoms with Crippen molar-refractivity contribution < 1.29 is 17.5 Å². The second-order valence-electron chi connectivity index (χ2n) is 4.95. The van der Waals surface area contributed by atoms with Gasteiger partial charge < -0.3 is 10.5 Å². The molecule has 0 spiro atoms. The molecule has 0 aromatic heterocycles. The van der Waals surface area contributed by atoms with Gasteiger partial charge in [-0.1, -0.05) is 11.6 Å². The van der Waals surface area contributed by atoms with Crippen LogP contribution in [0, 0.1) is 5.82 Å². The maximum Gasteiger partial charge on any atom is 0.246 e. The molecule has 1 aromatic rings. The number of hydrogen-bond donors (Lipinski definition) is 1. The van der Waals surface area contributed by atoms with Crippen LogP contribution in [0.4, 0.5) is 4.39 Å². The van der Waals surface area contributed by atoms with Crippen molar-refractivity contribution in [3.8, 4) is 0 Å². The summed E-state index contributed by atoms with van der Waals surface area (Å²) in [4.78, 5) is -0.426. The molecular weight excluding hydrogens is 319 g/mol. The number of nitrogens with two attached hydrogens (primary N) is 1. The van der Waals surface area contributed by atoms with E-state index in [0.29, 0.717) is 26.1 Å². The molecule has 1 heterocycles. The Kier molecular flexibility index (Phi) is 5.21. The Labute approximate surface area is 128 Å². The van der Waals surface area contributed by atoms with Crippen LogP contribution in [-0.2, 0) is 21.3 Å². The average Bonchev–Trinajstić information content (AvgIpc) is 2.49. The van der Waals surface area contributed by atoms with Crippen LogP contribution in [0.2, 0.25) is 5.02 Å². The van der Waals surface area contributed by atoms with Crippen molar-refractivity contribution in [2.45, 2.75) is 30.3 Å². The highest BCUT2D eigenvalue weighted by Crippen LogP contribution is 2.28. The standard InChI is InChI=1S/C13H18ClFN2O3S/c1-17(11-2-4-20-5-3-11)21(18,19)12-7-10(14)6-9(8-16)13(12)15/h6-7,11H,2-5,8,16H2,1H3. The first-order chi connectivity index (χ1) is 9.87. The minimum Gasteiger partial charge on any atom is -0.381 e. The Morgan fingerprint density at radius 1 is 1.43 bits per heavy atom. The third-order valence-electron chi connectivity index (χ3n) is 3.66. The van der Waals surface area contributed by atoms with E-state index in [1.165, 1.54) is 17.4 Å². The lowest BCUT2D eigenvalue weighted by atomic mass is 10.1. The molecule has 2 N–H and O–H groups in total. The average molecular weight is 337 g/mol. The normalized spacial score (nSPS) is 17.4. The molecule has 1 aromatic carbocycles. The highest BCUT2D eigenvalue weighted by molar-refractivity contribution is 7.89. The largest absolute Gasteiger partial charge is 0.381 e. The molecule has 0 saturated carbocycles. The minimum atomic E-state index is -3.96. The molecule has 118 valence electrons. The maximum atomic E-state index is 14.3. The molecular formula is C13H18ClFN2O3S. The SMILES string of the molecule is CN(C1CCOCC1)S(=O)(=O)c1cc(Cl)cc(CN)c1F. The lowest BCUT2D eigenvalue weighted by Gasteiger charge is -2.30. The van der Waals surface area contributed by atoms with Gasteiger partial charge in [0.25, 0.3) is 0 Å². The number of halogens is 2. The van der Waals surface area contributed by atoms with Crippen LogP contribution in [0.5, 0.6) is 0 Å². The van der Waals surface area contributed by atoms with Gasteiger partial charge in [0.2, 0.25) is 10.0 Å². The molecule has 0 atom stereocenters. The van der Waals surface area contributed by atoms with Gasteiger partial charge in [-0.25, -0.2) is 12.8 Å². The zero-order chi connectivity index (χ0) is 15.6. The van der Waals surface area contributed by atoms with Gasteiger partial charge in [-0.05, 0) is 25.0 Å². The van der Waals surface area contributed by atoms with E-state index in [9.17, 15) is 12.8 Å². The van der Waals surface area contributed by atoms with Crippen LogP contribution in [0.15, 0.2) is 17.0 Å². The van der Waals surface area contributed by atoms with E-state index in [1.807, 2.05) is 0 Å². The summed E-state index contributed by atoms with van der Waals surface area (Å²) in [6.07, 6.45) is 1.17. The molecule has 1 fully saturated rings. The van der Waals surface area contributed by atoms with E-state index in [0.717, 1.165) is 6.07 Å². The molecule has 0 unspecified atom stereocenters. The van der Waals surface area contributed by atoms with Crippen LogP contribution in [0.25, 0.3) is 0 Å². The van der Waals surface area contributed by atoms with E-state index < -0.39 is 20.7 Å². The summed E-state index contributed by atoms with van der Waals surface area (Å²) in [6, 6.07) is 2.26. The molecule has 1 saturated heterocycles. The zero-order valence-electron chi connectivity index (χ0n) is 11.7. The van der Waals surface area contributed by atoms with Crippen molar-refractivity contribution in [1.82, 2.24) is 4.31 Å². The highest BCUT2D eigenvalue weighted by Gasteiger charge is 2.32. The van der Waals surface area contributed by atoms with E-state index in [2.05, 4.69) is 0 Å². The van der Waals surface area contributed by atoms with E-state index >= 15 is 0 Å². The Morgan fingerprint density at radius 3 is 2.62 bits per heavy atom. The third-order valence-corrected chi connectivity index (χ3v) is 5.79. The van der Waals surface area contributed by atoms with Gasteiger partial charge in [-0.15, -0.1) is 0 Å². The van der Waals surface area contributed by atoms with Crippen molar-refractivity contribution in [2.75, 3.05) is 20.3 Å². The van der Waals surface area contributed by atoms with E-state index in [1.54, 1.807) is 0 Å². The van der Waals surface area contributed by atoms with Gasteiger partial charge in [0.05, 0.1) is 0 Å². The molecule has 0 bridgehead atoms. The van der Waals surface area contributed by atoms with Gasteiger partial charge in [0, 0.05) is 43.4 Å². The van der Waals surface area contributed by atoms with Crippen molar-refractivity contribution in [3.63, 3.8) is 0 Å². The molecule has 2 rings (SSSR count). The summed E-state index contributed by atoms with van der Waals surface area (Å²) in [5.74, 6) is -0.833. The van der Waals surface area contributed by atoms with Crippen LogP contribution in [0.3, 0.4) is 0 Å². The summed E-state index contributed by atoms with van der Waals surface area (Å²) < 4.78 is 46.0. The maximum absolute atomic E-state index is 14.3. The quantitative estimate of drug-likeness (QED) is 0.909. The van der Waals surface area contributed by atoms with Crippen molar-refractivity contribution >= 4 is 21.6 Å². The van der Waals surface area contributed by atoms with E-state index in [4.69, 9.17) is 22.1 Å². The van der Waals surface area contributed by atoms with Gasteiger partial charge in [-0.2, -0.15) is 4.31 Å². The van der Waals surface area contributed by atoms with Crippen molar-refractivity contribution in [3.05, 3.63) is 28.5 Å². The fourth-order valence-electron chi connectivity index (χ4n) is 2.35. The van der Waals surface area contributed by atoms with E-state index in [-0.39, 0.29) is 23.2 Å². The topological polar surface area (TPSA) is 72.6 Å². The minimum absolute atomic E-state index is 0.0847. The number of sulfonamides is 1. The smallest absolute Gasteiger partial charge is 0.246 e.